The summed E-state index contributed by atoms with van der Waals surface area (Å²) >= 11 is 2.04. The highest BCUT2D eigenvalue weighted by Gasteiger charge is 1.92. The first-order valence-electron chi connectivity index (χ1n) is 6.35. The first-order valence-corrected chi connectivity index (χ1v) is 7.40. The van der Waals surface area contributed by atoms with Gasteiger partial charge in [0.1, 0.15) is 0 Å². The fourth-order valence-corrected chi connectivity index (χ4v) is 2.30. The largest absolute Gasteiger partial charge is 0.157 e. The maximum absolute atomic E-state index is 2.42. The second-order valence-electron chi connectivity index (χ2n) is 3.95. The Labute approximate surface area is 95.2 Å². The molecule has 0 saturated carbocycles. The zero-order chi connectivity index (χ0) is 10.5. The van der Waals surface area contributed by atoms with Crippen LogP contribution >= 0.6 is 11.8 Å². The van der Waals surface area contributed by atoms with E-state index in [9.17, 15) is 0 Å². The van der Waals surface area contributed by atoms with Gasteiger partial charge in [-0.15, -0.1) is 0 Å². The van der Waals surface area contributed by atoms with Gasteiger partial charge in [0.2, 0.25) is 0 Å². The normalized spacial score (nSPS) is 10.7. The number of thioether (sulfide) groups is 1. The Morgan fingerprint density at radius 3 is 2.07 bits per heavy atom. The van der Waals surface area contributed by atoms with Crippen LogP contribution in [0.5, 0.6) is 0 Å². The molecular weight excluding hydrogens is 188 g/mol. The summed E-state index contributed by atoms with van der Waals surface area (Å²) in [5, 5.41) is 0. The molecule has 0 aromatic carbocycles. The lowest BCUT2D eigenvalue weighted by Crippen LogP contribution is -1.81. The molecular formula is C13H27S. The van der Waals surface area contributed by atoms with Gasteiger partial charge in [-0.1, -0.05) is 58.8 Å². The van der Waals surface area contributed by atoms with Crippen molar-refractivity contribution in [2.45, 2.75) is 71.6 Å². The first-order chi connectivity index (χ1) is 6.91. The number of hydrogen-bond acceptors (Lipinski definition) is 1. The Hall–Kier alpha value is 0.350. The Morgan fingerprint density at radius 2 is 1.43 bits per heavy atom. The Bertz CT molecular complexity index is 79.2. The van der Waals surface area contributed by atoms with E-state index in [1.165, 1.54) is 63.5 Å². The first kappa shape index (κ1) is 14.3. The maximum atomic E-state index is 2.42. The number of unbranched alkanes of at least 4 members (excludes halogenated alkanes) is 7. The molecule has 0 aliphatic heterocycles. The summed E-state index contributed by atoms with van der Waals surface area (Å²) in [7, 11) is 0. The molecule has 0 heterocycles. The van der Waals surface area contributed by atoms with Gasteiger partial charge < -0.3 is 0 Å². The summed E-state index contributed by atoms with van der Waals surface area (Å²) in [6.07, 6.45) is 12.5. The predicted molar refractivity (Wildman–Crippen MR) is 69.7 cm³/mol. The van der Waals surface area contributed by atoms with E-state index in [0.717, 1.165) is 0 Å². The molecule has 0 bridgehead atoms. The van der Waals surface area contributed by atoms with E-state index in [1.807, 2.05) is 11.8 Å². The zero-order valence-electron chi connectivity index (χ0n) is 10.1. The average molecular weight is 215 g/mol. The molecule has 1 heteroatoms. The van der Waals surface area contributed by atoms with Crippen LogP contribution in [0.25, 0.3) is 0 Å². The van der Waals surface area contributed by atoms with Gasteiger partial charge in [0, 0.05) is 5.75 Å². The van der Waals surface area contributed by atoms with Crippen LogP contribution in [0.1, 0.15) is 71.6 Å². The summed E-state index contributed by atoms with van der Waals surface area (Å²) in [5.74, 6) is 3.76. The van der Waals surface area contributed by atoms with Crippen molar-refractivity contribution in [1.29, 1.82) is 0 Å². The molecule has 0 N–H and O–H groups in total. The predicted octanol–water partition coefficient (Wildman–Crippen LogP) is 5.43. The Balaban J connectivity index is 2.78. The fraction of sp³-hybridized carbons (Fsp3) is 0.923. The van der Waals surface area contributed by atoms with Gasteiger partial charge in [0.05, 0.1) is 0 Å². The Kier molecular flexibility index (Phi) is 13.7. The summed E-state index contributed by atoms with van der Waals surface area (Å²) < 4.78 is 0. The third kappa shape index (κ3) is 12.3. The van der Waals surface area contributed by atoms with E-state index in [1.54, 1.807) is 0 Å². The van der Waals surface area contributed by atoms with E-state index in [2.05, 4.69) is 19.6 Å². The Morgan fingerprint density at radius 1 is 0.786 bits per heavy atom. The van der Waals surface area contributed by atoms with Crippen molar-refractivity contribution in [2.75, 3.05) is 5.75 Å². The lowest BCUT2D eigenvalue weighted by atomic mass is 10.2. The molecule has 0 nitrogen and oxygen atoms in total. The van der Waals surface area contributed by atoms with Crippen LogP contribution in [0.15, 0.2) is 0 Å². The lowest BCUT2D eigenvalue weighted by molar-refractivity contribution is 0.670. The van der Waals surface area contributed by atoms with Gasteiger partial charge in [-0.2, -0.15) is 11.8 Å². The molecule has 1 radical (unpaired) electrons. The summed E-state index contributed by atoms with van der Waals surface area (Å²) in [6, 6.07) is 0. The second kappa shape index (κ2) is 13.4. The standard InChI is InChI=1S/C13H27S/c1-3-5-7-9-11-13-14-12-10-8-6-4-2/h13H,3-12H2,1-2H3. The van der Waals surface area contributed by atoms with Gasteiger partial charge in [0.25, 0.3) is 0 Å². The van der Waals surface area contributed by atoms with Crippen molar-refractivity contribution in [2.24, 2.45) is 0 Å². The van der Waals surface area contributed by atoms with Crippen molar-refractivity contribution in [3.05, 3.63) is 5.75 Å². The quantitative estimate of drug-likeness (QED) is 0.414. The van der Waals surface area contributed by atoms with E-state index in [0.29, 0.717) is 0 Å². The fourth-order valence-electron chi connectivity index (χ4n) is 1.43. The molecule has 0 aliphatic rings. The lowest BCUT2D eigenvalue weighted by Gasteiger charge is -2.01. The molecule has 0 fully saturated rings. The molecule has 0 rings (SSSR count). The second-order valence-corrected chi connectivity index (χ2v) is 5.02. The highest BCUT2D eigenvalue weighted by molar-refractivity contribution is 8.01. The minimum atomic E-state index is 1.32. The monoisotopic (exact) mass is 215 g/mol. The van der Waals surface area contributed by atoms with E-state index >= 15 is 0 Å². The molecule has 0 aromatic heterocycles. The van der Waals surface area contributed by atoms with Crippen LogP contribution in [0.4, 0.5) is 0 Å². The van der Waals surface area contributed by atoms with Crippen molar-refractivity contribution >= 4 is 11.8 Å². The van der Waals surface area contributed by atoms with Gasteiger partial charge in [-0.05, 0) is 18.6 Å². The van der Waals surface area contributed by atoms with Crippen molar-refractivity contribution < 1.29 is 0 Å². The van der Waals surface area contributed by atoms with Crippen LogP contribution in [-0.4, -0.2) is 5.75 Å². The number of rotatable bonds is 11. The van der Waals surface area contributed by atoms with Crippen molar-refractivity contribution in [1.82, 2.24) is 0 Å². The molecule has 14 heavy (non-hydrogen) atoms. The van der Waals surface area contributed by atoms with E-state index in [4.69, 9.17) is 0 Å². The summed E-state index contributed by atoms with van der Waals surface area (Å²) in [6.45, 7) is 4.54. The topological polar surface area (TPSA) is 0 Å². The zero-order valence-corrected chi connectivity index (χ0v) is 10.9. The van der Waals surface area contributed by atoms with Gasteiger partial charge >= 0.3 is 0 Å². The van der Waals surface area contributed by atoms with Gasteiger partial charge in [-0.25, -0.2) is 0 Å². The third-order valence-corrected chi connectivity index (χ3v) is 3.40. The van der Waals surface area contributed by atoms with Crippen LogP contribution in [-0.2, 0) is 0 Å². The van der Waals surface area contributed by atoms with Gasteiger partial charge in [-0.3, -0.25) is 0 Å². The van der Waals surface area contributed by atoms with Crippen LogP contribution in [0.2, 0.25) is 0 Å². The molecule has 0 amide bonds. The SMILES string of the molecule is CCCCCC[CH]SCCCCCC. The third-order valence-electron chi connectivity index (χ3n) is 2.41. The highest BCUT2D eigenvalue weighted by atomic mass is 32.2. The van der Waals surface area contributed by atoms with Crippen LogP contribution in [0.3, 0.4) is 0 Å². The van der Waals surface area contributed by atoms with Crippen molar-refractivity contribution in [3.63, 3.8) is 0 Å². The highest BCUT2D eigenvalue weighted by Crippen LogP contribution is 2.15. The molecule has 0 spiro atoms. The van der Waals surface area contributed by atoms with Crippen LogP contribution < -0.4 is 0 Å². The van der Waals surface area contributed by atoms with Gasteiger partial charge in [0.15, 0.2) is 0 Å². The maximum Gasteiger partial charge on any atom is 0.0166 e. The van der Waals surface area contributed by atoms with E-state index < -0.39 is 0 Å². The van der Waals surface area contributed by atoms with Crippen molar-refractivity contribution in [3.8, 4) is 0 Å². The average Bonchev–Trinajstić information content (AvgIpc) is 2.21. The van der Waals surface area contributed by atoms with Crippen LogP contribution in [0, 0.1) is 5.75 Å². The van der Waals surface area contributed by atoms with E-state index in [-0.39, 0.29) is 0 Å². The smallest absolute Gasteiger partial charge is 0.0166 e. The molecule has 85 valence electrons. The molecule has 0 aliphatic carbocycles. The number of hydrogen-bond donors (Lipinski definition) is 0. The minimum absolute atomic E-state index is 1.32. The molecule has 0 saturated heterocycles. The molecule has 0 unspecified atom stereocenters. The summed E-state index contributed by atoms with van der Waals surface area (Å²) in [4.78, 5) is 0. The summed E-state index contributed by atoms with van der Waals surface area (Å²) in [5.41, 5.74) is 0. The molecule has 0 aromatic rings. The minimum Gasteiger partial charge on any atom is -0.157 e. The molecule has 0 atom stereocenters.